The number of hydrazine groups is 1. The Bertz CT molecular complexity index is 954. The van der Waals surface area contributed by atoms with E-state index in [-0.39, 0.29) is 18.8 Å². The van der Waals surface area contributed by atoms with Gasteiger partial charge in [0.2, 0.25) is 5.91 Å². The highest BCUT2D eigenvalue weighted by atomic mass is 16.5. The summed E-state index contributed by atoms with van der Waals surface area (Å²) in [6.45, 7) is 2.97. The van der Waals surface area contributed by atoms with Gasteiger partial charge in [-0.25, -0.2) is 0 Å². The number of esters is 1. The summed E-state index contributed by atoms with van der Waals surface area (Å²) >= 11 is 0. The number of benzene rings is 1. The SMILES string of the molecule is Cc1cccc(C(=O)NN2C[C@H](C(=O)OCC(=O)Nc3cc(C)on3)CC2=O)c1. The van der Waals surface area contributed by atoms with Crippen molar-refractivity contribution in [2.45, 2.75) is 20.3 Å². The van der Waals surface area contributed by atoms with Crippen LogP contribution in [0.4, 0.5) is 5.82 Å². The van der Waals surface area contributed by atoms with Crippen molar-refractivity contribution in [1.82, 2.24) is 15.6 Å². The molecule has 2 N–H and O–H groups in total. The molecular weight excluding hydrogens is 380 g/mol. The molecule has 29 heavy (non-hydrogen) atoms. The molecule has 1 saturated heterocycles. The summed E-state index contributed by atoms with van der Waals surface area (Å²) in [6.07, 6.45) is -0.114. The molecule has 0 aliphatic carbocycles. The number of anilines is 1. The number of aryl methyl sites for hydroxylation is 2. The van der Waals surface area contributed by atoms with E-state index in [0.717, 1.165) is 10.6 Å². The van der Waals surface area contributed by atoms with E-state index >= 15 is 0 Å². The van der Waals surface area contributed by atoms with Gasteiger partial charge >= 0.3 is 5.97 Å². The van der Waals surface area contributed by atoms with Crippen LogP contribution in [0.3, 0.4) is 0 Å². The summed E-state index contributed by atoms with van der Waals surface area (Å²) in [7, 11) is 0. The van der Waals surface area contributed by atoms with Gasteiger partial charge in [0.15, 0.2) is 12.4 Å². The van der Waals surface area contributed by atoms with Gasteiger partial charge in [0.25, 0.3) is 11.8 Å². The lowest BCUT2D eigenvalue weighted by atomic mass is 10.1. The number of carbonyl (C=O) groups excluding carboxylic acids is 4. The van der Waals surface area contributed by atoms with Gasteiger partial charge in [-0.05, 0) is 26.0 Å². The molecule has 2 aromatic rings. The molecule has 3 rings (SSSR count). The quantitative estimate of drug-likeness (QED) is 0.691. The van der Waals surface area contributed by atoms with Crippen molar-refractivity contribution in [2.75, 3.05) is 18.5 Å². The summed E-state index contributed by atoms with van der Waals surface area (Å²) in [5.74, 6) is -2.17. The molecule has 1 atom stereocenters. The third kappa shape index (κ3) is 5.18. The Hall–Kier alpha value is -3.69. The smallest absolute Gasteiger partial charge is 0.311 e. The zero-order valence-corrected chi connectivity index (χ0v) is 15.9. The first-order chi connectivity index (χ1) is 13.8. The van der Waals surface area contributed by atoms with Crippen LogP contribution in [0, 0.1) is 19.8 Å². The minimum Gasteiger partial charge on any atom is -0.455 e. The molecule has 10 nitrogen and oxygen atoms in total. The van der Waals surface area contributed by atoms with E-state index in [9.17, 15) is 19.2 Å². The van der Waals surface area contributed by atoms with Crippen molar-refractivity contribution in [3.8, 4) is 0 Å². The normalized spacial score (nSPS) is 15.9. The zero-order chi connectivity index (χ0) is 21.0. The number of hydrogen-bond donors (Lipinski definition) is 2. The molecule has 0 saturated carbocycles. The minimum absolute atomic E-state index is 0.0285. The molecule has 152 valence electrons. The van der Waals surface area contributed by atoms with Crippen molar-refractivity contribution >= 4 is 29.5 Å². The van der Waals surface area contributed by atoms with Crippen molar-refractivity contribution < 1.29 is 28.4 Å². The second kappa shape index (κ2) is 8.55. The van der Waals surface area contributed by atoms with Crippen LogP contribution in [0.25, 0.3) is 0 Å². The summed E-state index contributed by atoms with van der Waals surface area (Å²) < 4.78 is 9.78. The highest BCUT2D eigenvalue weighted by Gasteiger charge is 2.36. The molecule has 3 amide bonds. The standard InChI is InChI=1S/C19H20N4O6/c1-11-4-3-5-13(6-11)18(26)21-23-9-14(8-17(23)25)19(27)28-10-16(24)20-15-7-12(2)29-22-15/h3-7,14H,8-10H2,1-2H3,(H,21,26)(H,20,22,24)/t14-/m1/s1. The Kier molecular flexibility index (Phi) is 5.91. The van der Waals surface area contributed by atoms with Crippen LogP contribution in [0.1, 0.15) is 28.1 Å². The summed E-state index contributed by atoms with van der Waals surface area (Å²) in [4.78, 5) is 48.4. The monoisotopic (exact) mass is 400 g/mol. The van der Waals surface area contributed by atoms with Crippen LogP contribution in [0.5, 0.6) is 0 Å². The molecule has 1 aromatic heterocycles. The van der Waals surface area contributed by atoms with E-state index in [2.05, 4.69) is 15.9 Å². The number of rotatable bonds is 6. The Labute approximate surface area is 166 Å². The van der Waals surface area contributed by atoms with E-state index in [0.29, 0.717) is 11.3 Å². The zero-order valence-electron chi connectivity index (χ0n) is 15.9. The predicted molar refractivity (Wildman–Crippen MR) is 99.3 cm³/mol. The average Bonchev–Trinajstić information content (AvgIpc) is 3.25. The van der Waals surface area contributed by atoms with E-state index in [1.807, 2.05) is 13.0 Å². The summed E-state index contributed by atoms with van der Waals surface area (Å²) in [5.41, 5.74) is 3.81. The molecule has 1 aliphatic heterocycles. The van der Waals surface area contributed by atoms with Gasteiger partial charge in [0.05, 0.1) is 12.5 Å². The third-order valence-corrected chi connectivity index (χ3v) is 4.22. The largest absolute Gasteiger partial charge is 0.455 e. The lowest BCUT2D eigenvalue weighted by Crippen LogP contribution is -2.43. The molecule has 1 aliphatic rings. The summed E-state index contributed by atoms with van der Waals surface area (Å²) in [6, 6.07) is 8.43. The number of nitrogens with one attached hydrogen (secondary N) is 2. The first-order valence-electron chi connectivity index (χ1n) is 8.89. The van der Waals surface area contributed by atoms with E-state index in [1.165, 1.54) is 6.07 Å². The molecule has 1 fully saturated rings. The number of aromatic nitrogens is 1. The Morgan fingerprint density at radius 1 is 1.28 bits per heavy atom. The second-order valence-electron chi connectivity index (χ2n) is 6.69. The maximum absolute atomic E-state index is 12.3. The molecule has 1 aromatic carbocycles. The van der Waals surface area contributed by atoms with Crippen molar-refractivity contribution in [1.29, 1.82) is 0 Å². The van der Waals surface area contributed by atoms with Crippen LogP contribution in [-0.2, 0) is 19.1 Å². The fourth-order valence-corrected chi connectivity index (χ4v) is 2.81. The average molecular weight is 400 g/mol. The first kappa shape index (κ1) is 20.1. The maximum atomic E-state index is 12.3. The third-order valence-electron chi connectivity index (χ3n) is 4.22. The highest BCUT2D eigenvalue weighted by molar-refractivity contribution is 5.97. The second-order valence-corrected chi connectivity index (χ2v) is 6.69. The van der Waals surface area contributed by atoms with Gasteiger partial charge < -0.3 is 14.6 Å². The van der Waals surface area contributed by atoms with Crippen LogP contribution in [0.15, 0.2) is 34.9 Å². The van der Waals surface area contributed by atoms with Crippen LogP contribution >= 0.6 is 0 Å². The molecule has 0 spiro atoms. The van der Waals surface area contributed by atoms with Crippen LogP contribution < -0.4 is 10.7 Å². The van der Waals surface area contributed by atoms with E-state index < -0.39 is 36.2 Å². The topological polar surface area (TPSA) is 131 Å². The van der Waals surface area contributed by atoms with Gasteiger partial charge in [-0.1, -0.05) is 22.9 Å². The number of nitrogens with zero attached hydrogens (tertiary/aromatic N) is 2. The van der Waals surface area contributed by atoms with Crippen LogP contribution in [-0.4, -0.2) is 47.0 Å². The summed E-state index contributed by atoms with van der Waals surface area (Å²) in [5, 5.41) is 7.11. The number of carbonyl (C=O) groups is 4. The predicted octanol–water partition coefficient (Wildman–Crippen LogP) is 0.967. The molecular formula is C19H20N4O6. The van der Waals surface area contributed by atoms with Crippen LogP contribution in [0.2, 0.25) is 0 Å². The number of hydrogen-bond acceptors (Lipinski definition) is 7. The van der Waals surface area contributed by atoms with Gasteiger partial charge in [-0.2, -0.15) is 0 Å². The molecule has 0 radical (unpaired) electrons. The van der Waals surface area contributed by atoms with Gasteiger partial charge in [0, 0.05) is 18.1 Å². The minimum atomic E-state index is -0.776. The van der Waals surface area contributed by atoms with Crippen molar-refractivity contribution in [3.05, 3.63) is 47.2 Å². The molecule has 0 unspecified atom stereocenters. The molecule has 10 heteroatoms. The molecule has 2 heterocycles. The highest BCUT2D eigenvalue weighted by Crippen LogP contribution is 2.18. The first-order valence-corrected chi connectivity index (χ1v) is 8.89. The van der Waals surface area contributed by atoms with E-state index in [4.69, 9.17) is 9.26 Å². The fourth-order valence-electron chi connectivity index (χ4n) is 2.81. The van der Waals surface area contributed by atoms with Gasteiger partial charge in [-0.15, -0.1) is 0 Å². The number of amides is 3. The molecule has 0 bridgehead atoms. The fraction of sp³-hybridized carbons (Fsp3) is 0.316. The number of ether oxygens (including phenoxy) is 1. The van der Waals surface area contributed by atoms with Crippen molar-refractivity contribution in [3.63, 3.8) is 0 Å². The Morgan fingerprint density at radius 3 is 2.76 bits per heavy atom. The lowest BCUT2D eigenvalue weighted by molar-refractivity contribution is -0.151. The maximum Gasteiger partial charge on any atom is 0.311 e. The van der Waals surface area contributed by atoms with E-state index in [1.54, 1.807) is 25.1 Å². The Balaban J connectivity index is 1.48. The van der Waals surface area contributed by atoms with Crippen molar-refractivity contribution in [2.24, 2.45) is 5.92 Å². The van der Waals surface area contributed by atoms with Gasteiger partial charge in [0.1, 0.15) is 5.76 Å². The lowest BCUT2D eigenvalue weighted by Gasteiger charge is -2.17. The van der Waals surface area contributed by atoms with Gasteiger partial charge in [-0.3, -0.25) is 29.6 Å². The Morgan fingerprint density at radius 2 is 2.07 bits per heavy atom.